The Morgan fingerprint density at radius 1 is 0.659 bits per heavy atom. The van der Waals surface area contributed by atoms with Crippen LogP contribution in [0, 0.1) is 11.8 Å². The fourth-order valence-electron chi connectivity index (χ4n) is 8.72. The summed E-state index contributed by atoms with van der Waals surface area (Å²) < 4.78 is 0. The molecule has 0 fully saturated rings. The van der Waals surface area contributed by atoms with E-state index < -0.39 is 0 Å². The summed E-state index contributed by atoms with van der Waals surface area (Å²) in [5.74, 6) is 0.815. The summed E-state index contributed by atoms with van der Waals surface area (Å²) in [7, 11) is 0. The quantitative estimate of drug-likeness (QED) is 0.189. The van der Waals surface area contributed by atoms with E-state index in [1.165, 1.54) is 93.9 Å². The first-order valence-corrected chi connectivity index (χ1v) is 15.0. The molecule has 0 amide bonds. The highest BCUT2D eigenvalue weighted by Gasteiger charge is 2.44. The van der Waals surface area contributed by atoms with Gasteiger partial charge in [0.2, 0.25) is 0 Å². The number of hydrogen-bond acceptors (Lipinski definition) is 0. The summed E-state index contributed by atoms with van der Waals surface area (Å²) in [5, 5.41) is 5.52. The molecule has 0 nitrogen and oxygen atoms in total. The van der Waals surface area contributed by atoms with Crippen LogP contribution in [0.5, 0.6) is 0 Å². The minimum atomic E-state index is 0.393. The van der Waals surface area contributed by atoms with Crippen LogP contribution in [0.2, 0.25) is 0 Å². The Kier molecular flexibility index (Phi) is 4.16. The van der Waals surface area contributed by atoms with Crippen molar-refractivity contribution in [1.82, 2.24) is 0 Å². The number of benzene rings is 5. The van der Waals surface area contributed by atoms with Crippen molar-refractivity contribution in [3.05, 3.63) is 143 Å². The van der Waals surface area contributed by atoms with Crippen molar-refractivity contribution in [2.24, 2.45) is 11.8 Å². The summed E-state index contributed by atoms with van der Waals surface area (Å²) >= 11 is 0. The molecule has 192 valence electrons. The zero-order chi connectivity index (χ0) is 26.8. The highest BCUT2D eigenvalue weighted by molar-refractivity contribution is 6.28. The van der Waals surface area contributed by atoms with Crippen LogP contribution in [0.3, 0.4) is 0 Å². The number of rotatable bonds is 1. The van der Waals surface area contributed by atoms with Gasteiger partial charge in [0.25, 0.3) is 0 Å². The average Bonchev–Trinajstić information content (AvgIpc) is 3.50. The normalized spacial score (nSPS) is 20.9. The molecule has 2 unspecified atom stereocenters. The van der Waals surface area contributed by atoms with E-state index in [0.717, 1.165) is 12.8 Å². The van der Waals surface area contributed by atoms with Gasteiger partial charge in [-0.05, 0) is 120 Å². The predicted molar refractivity (Wildman–Crippen MR) is 173 cm³/mol. The second-order valence-electron chi connectivity index (χ2n) is 12.4. The second-order valence-corrected chi connectivity index (χ2v) is 12.4. The zero-order valence-corrected chi connectivity index (χ0v) is 23.0. The van der Waals surface area contributed by atoms with Gasteiger partial charge in [-0.1, -0.05) is 109 Å². The van der Waals surface area contributed by atoms with Crippen LogP contribution in [-0.4, -0.2) is 0 Å². The molecule has 0 heteroatoms. The van der Waals surface area contributed by atoms with Crippen molar-refractivity contribution >= 4 is 32.7 Å². The van der Waals surface area contributed by atoms with Crippen LogP contribution in [-0.2, 0) is 0 Å². The van der Waals surface area contributed by atoms with Gasteiger partial charge in [-0.2, -0.15) is 0 Å². The van der Waals surface area contributed by atoms with E-state index in [2.05, 4.69) is 122 Å². The van der Waals surface area contributed by atoms with Crippen molar-refractivity contribution in [2.45, 2.75) is 19.8 Å². The van der Waals surface area contributed by atoms with Gasteiger partial charge in [0, 0.05) is 11.8 Å². The molecule has 0 N–H and O–H groups in total. The summed E-state index contributed by atoms with van der Waals surface area (Å²) in [5.41, 5.74) is 18.6. The van der Waals surface area contributed by atoms with Crippen molar-refractivity contribution in [3.8, 4) is 33.4 Å². The van der Waals surface area contributed by atoms with Gasteiger partial charge < -0.3 is 0 Å². The molecule has 0 saturated carbocycles. The summed E-state index contributed by atoms with van der Waals surface area (Å²) in [6.07, 6.45) is 14.7. The van der Waals surface area contributed by atoms with Crippen LogP contribution in [0.1, 0.15) is 30.9 Å². The van der Waals surface area contributed by atoms with Gasteiger partial charge in [0.05, 0.1) is 0 Å². The van der Waals surface area contributed by atoms with Crippen molar-refractivity contribution in [2.75, 3.05) is 0 Å². The smallest absolute Gasteiger partial charge is 0.0206 e. The van der Waals surface area contributed by atoms with E-state index in [9.17, 15) is 0 Å². The van der Waals surface area contributed by atoms with Gasteiger partial charge in [-0.3, -0.25) is 0 Å². The summed E-state index contributed by atoms with van der Waals surface area (Å²) in [4.78, 5) is 0. The lowest BCUT2D eigenvalue weighted by molar-refractivity contribution is 0.655. The molecule has 0 spiro atoms. The molecule has 5 aliphatic carbocycles. The van der Waals surface area contributed by atoms with Crippen LogP contribution in [0.25, 0.3) is 66.1 Å². The highest BCUT2D eigenvalue weighted by atomic mass is 14.5. The minimum absolute atomic E-state index is 0.393. The van der Waals surface area contributed by atoms with Crippen molar-refractivity contribution in [1.29, 1.82) is 0 Å². The molecule has 0 aromatic heterocycles. The molecular weight excluding hydrogens is 492 g/mol. The fourth-order valence-corrected chi connectivity index (χ4v) is 8.72. The monoisotopic (exact) mass is 520 g/mol. The first-order valence-electron chi connectivity index (χ1n) is 15.0. The van der Waals surface area contributed by atoms with Gasteiger partial charge in [-0.15, -0.1) is 0 Å². The Bertz CT molecular complexity index is 2190. The molecule has 0 saturated heterocycles. The lowest BCUT2D eigenvalue weighted by atomic mass is 9.68. The molecule has 2 atom stereocenters. The van der Waals surface area contributed by atoms with Crippen LogP contribution in [0.15, 0.2) is 132 Å². The average molecular weight is 521 g/mol. The molecule has 0 radical (unpaired) electrons. The molecule has 0 bridgehead atoms. The third-order valence-corrected chi connectivity index (χ3v) is 10.2. The molecule has 5 aromatic rings. The maximum atomic E-state index is 2.59. The van der Waals surface area contributed by atoms with E-state index in [0.29, 0.717) is 11.8 Å². The Balaban J connectivity index is 1.40. The SMILES string of the molecule is CC1=CC2C3=C(C=C4c5c(cc6cc7c8c(cccc8c6c5-c5ccccc5)-c5ccccc5-7)C(=C1)C42)CCC=C3. The predicted octanol–water partition coefficient (Wildman–Crippen LogP) is 10.9. The van der Waals surface area contributed by atoms with Crippen LogP contribution >= 0.6 is 0 Å². The maximum absolute atomic E-state index is 2.59. The number of fused-ring (bicyclic) bond motifs is 9. The lowest BCUT2D eigenvalue weighted by Crippen LogP contribution is -2.22. The van der Waals surface area contributed by atoms with E-state index >= 15 is 0 Å². The lowest BCUT2D eigenvalue weighted by Gasteiger charge is -2.35. The van der Waals surface area contributed by atoms with Crippen LogP contribution in [0.4, 0.5) is 0 Å². The summed E-state index contributed by atoms with van der Waals surface area (Å²) in [6, 6.07) is 32.1. The first kappa shape index (κ1) is 22.1. The molecule has 0 heterocycles. The molecule has 5 aromatic carbocycles. The fraction of sp³-hybridized carbons (Fsp3) is 0.122. The third kappa shape index (κ3) is 2.75. The first-order chi connectivity index (χ1) is 20.3. The maximum Gasteiger partial charge on any atom is 0.0206 e. The molecule has 0 aliphatic heterocycles. The number of allylic oxidation sites excluding steroid dienone is 10. The van der Waals surface area contributed by atoms with E-state index in [-0.39, 0.29) is 0 Å². The minimum Gasteiger partial charge on any atom is -0.0839 e. The van der Waals surface area contributed by atoms with Crippen molar-refractivity contribution < 1.29 is 0 Å². The molecule has 5 aliphatic rings. The number of hydrogen-bond donors (Lipinski definition) is 0. The Morgan fingerprint density at radius 3 is 2.32 bits per heavy atom. The van der Waals surface area contributed by atoms with E-state index in [1.54, 1.807) is 0 Å². The van der Waals surface area contributed by atoms with Crippen LogP contribution < -0.4 is 0 Å². The van der Waals surface area contributed by atoms with Gasteiger partial charge >= 0.3 is 0 Å². The van der Waals surface area contributed by atoms with E-state index in [1.807, 2.05) is 0 Å². The second kappa shape index (κ2) is 7.74. The highest BCUT2D eigenvalue weighted by Crippen LogP contribution is 2.61. The Labute approximate surface area is 240 Å². The van der Waals surface area contributed by atoms with Gasteiger partial charge in [-0.25, -0.2) is 0 Å². The molecular formula is C41H28. The van der Waals surface area contributed by atoms with Crippen molar-refractivity contribution in [3.63, 3.8) is 0 Å². The topological polar surface area (TPSA) is 0 Å². The third-order valence-electron chi connectivity index (χ3n) is 10.2. The molecule has 10 rings (SSSR count). The molecule has 41 heavy (non-hydrogen) atoms. The Morgan fingerprint density at radius 2 is 1.44 bits per heavy atom. The summed E-state index contributed by atoms with van der Waals surface area (Å²) in [6.45, 7) is 2.29. The van der Waals surface area contributed by atoms with Gasteiger partial charge in [0.1, 0.15) is 0 Å². The zero-order valence-electron chi connectivity index (χ0n) is 23.0. The van der Waals surface area contributed by atoms with Gasteiger partial charge in [0.15, 0.2) is 0 Å². The largest absolute Gasteiger partial charge is 0.0839 e. The standard InChI is InChI=1S/C41H28/c1-23-18-32-27-13-6-5-12-25(27)20-36-40(32)33(19-23)35-22-26-21-34-29-15-8-7-14-28(29)30-16-9-17-31(39(30)34)37(26)38(41(35)36)24-10-3-2-4-11-24/h2-4,6-11,13-22,32,40H,5,12H2,1H3. The van der Waals surface area contributed by atoms with E-state index in [4.69, 9.17) is 0 Å². The Hall–Kier alpha value is -4.68.